The Morgan fingerprint density at radius 1 is 1.53 bits per heavy atom. The van der Waals surface area contributed by atoms with Gasteiger partial charge in [0.1, 0.15) is 16.7 Å². The van der Waals surface area contributed by atoms with Crippen molar-refractivity contribution >= 4 is 16.8 Å². The van der Waals surface area contributed by atoms with Crippen molar-refractivity contribution in [2.45, 2.75) is 31.1 Å². The molecule has 2 bridgehead atoms. The highest BCUT2D eigenvalue weighted by Crippen LogP contribution is 2.33. The third-order valence-electron chi connectivity index (χ3n) is 2.89. The van der Waals surface area contributed by atoms with Gasteiger partial charge >= 0.3 is 0 Å². The minimum atomic E-state index is -0.980. The molecule has 1 aromatic rings. The Bertz CT molecular complexity index is 440. The Labute approximate surface area is 90.5 Å². The Morgan fingerprint density at radius 2 is 2.40 bits per heavy atom. The van der Waals surface area contributed by atoms with Gasteiger partial charge in [0.05, 0.1) is 11.3 Å². The largest absolute Gasteiger partial charge is 0.360 e. The summed E-state index contributed by atoms with van der Waals surface area (Å²) in [6, 6.07) is 2.06. The molecule has 0 radical (unpaired) electrons. The second-order valence-electron chi connectivity index (χ2n) is 3.97. The molecule has 1 aromatic heterocycles. The average Bonchev–Trinajstić information content (AvgIpc) is 2.66. The summed E-state index contributed by atoms with van der Waals surface area (Å²) >= 11 is 0. The molecule has 0 amide bonds. The molecule has 1 fully saturated rings. The fourth-order valence-corrected chi connectivity index (χ4v) is 3.71. The van der Waals surface area contributed by atoms with Crippen LogP contribution in [0.3, 0.4) is 0 Å². The van der Waals surface area contributed by atoms with Crippen LogP contribution in [0.15, 0.2) is 22.7 Å². The molecule has 3 heterocycles. The summed E-state index contributed by atoms with van der Waals surface area (Å²) < 4.78 is 19.0. The van der Waals surface area contributed by atoms with Gasteiger partial charge in [-0.15, -0.1) is 0 Å². The molecule has 0 aromatic carbocycles. The molecule has 1 saturated heterocycles. The van der Waals surface area contributed by atoms with Crippen LogP contribution in [-0.4, -0.2) is 20.7 Å². The molecule has 2 aliphatic heterocycles. The maximum Gasteiger partial charge on any atom is 0.184 e. The lowest BCUT2D eigenvalue weighted by Crippen LogP contribution is -2.48. The van der Waals surface area contributed by atoms with Crippen LogP contribution in [0, 0.1) is 6.92 Å². The maximum absolute atomic E-state index is 12.1. The molecular weight excluding hydrogens is 212 g/mol. The van der Waals surface area contributed by atoms with Crippen molar-refractivity contribution < 1.29 is 8.73 Å². The van der Waals surface area contributed by atoms with Crippen LogP contribution in [0.25, 0.3) is 0 Å². The molecule has 5 heteroatoms. The second kappa shape index (κ2) is 3.20. The monoisotopic (exact) mass is 224 g/mol. The number of anilines is 1. The topological polar surface area (TPSA) is 46.3 Å². The number of rotatable bonds is 1. The first-order valence-corrected chi connectivity index (χ1v) is 6.24. The zero-order valence-corrected chi connectivity index (χ0v) is 9.24. The minimum absolute atomic E-state index is 0.159. The van der Waals surface area contributed by atoms with Crippen molar-refractivity contribution in [3.8, 4) is 0 Å². The van der Waals surface area contributed by atoms with E-state index in [4.69, 9.17) is 4.52 Å². The van der Waals surface area contributed by atoms with E-state index in [0.29, 0.717) is 5.82 Å². The summed E-state index contributed by atoms with van der Waals surface area (Å²) in [4.78, 5) is 0. The number of fused-ring (bicyclic) bond motifs is 2. The van der Waals surface area contributed by atoms with Crippen molar-refractivity contribution in [3.05, 3.63) is 24.0 Å². The van der Waals surface area contributed by atoms with Gasteiger partial charge in [-0.2, -0.15) is 0 Å². The van der Waals surface area contributed by atoms with E-state index in [2.05, 4.69) is 17.3 Å². The van der Waals surface area contributed by atoms with Gasteiger partial charge in [-0.25, -0.2) is 4.21 Å². The smallest absolute Gasteiger partial charge is 0.184 e. The highest BCUT2D eigenvalue weighted by Gasteiger charge is 2.37. The highest BCUT2D eigenvalue weighted by atomic mass is 32.2. The SMILES string of the molecule is Cc1cc(N2[C@H]3C=C[C@H](CC3)S2=O)no1. The Hall–Kier alpha value is -1.10. The standard InChI is InChI=1S/C10H12N2O2S/c1-7-6-10(11-14-7)12-8-2-4-9(5-3-8)15(12)13/h2,4,6,8-9H,3,5H2,1H3/t8-,9+,15?/m0/s1. The Kier molecular flexibility index (Phi) is 1.95. The molecule has 3 aliphatic rings. The van der Waals surface area contributed by atoms with Crippen molar-refractivity contribution in [3.63, 3.8) is 0 Å². The van der Waals surface area contributed by atoms with E-state index in [9.17, 15) is 4.21 Å². The van der Waals surface area contributed by atoms with E-state index in [1.165, 1.54) is 0 Å². The summed E-state index contributed by atoms with van der Waals surface area (Å²) in [6.45, 7) is 1.84. The quantitative estimate of drug-likeness (QED) is 0.680. The molecule has 0 N–H and O–H groups in total. The van der Waals surface area contributed by atoms with E-state index in [1.807, 2.05) is 17.3 Å². The first kappa shape index (κ1) is 9.15. The van der Waals surface area contributed by atoms with Crippen LogP contribution in [0.1, 0.15) is 18.6 Å². The van der Waals surface area contributed by atoms with Gasteiger partial charge in [0.25, 0.3) is 0 Å². The van der Waals surface area contributed by atoms with E-state index in [-0.39, 0.29) is 11.3 Å². The van der Waals surface area contributed by atoms with Gasteiger partial charge in [0, 0.05) is 6.07 Å². The number of nitrogens with zero attached hydrogens (tertiary/aromatic N) is 2. The lowest BCUT2D eigenvalue weighted by molar-refractivity contribution is 0.397. The molecule has 4 rings (SSSR count). The molecule has 1 aliphatic carbocycles. The highest BCUT2D eigenvalue weighted by molar-refractivity contribution is 7.87. The van der Waals surface area contributed by atoms with Crippen molar-refractivity contribution in [2.24, 2.45) is 0 Å². The summed E-state index contributed by atoms with van der Waals surface area (Å²) in [5.74, 6) is 1.46. The molecule has 4 nitrogen and oxygen atoms in total. The molecule has 80 valence electrons. The Balaban J connectivity index is 2.00. The number of hydrogen-bond acceptors (Lipinski definition) is 3. The predicted molar refractivity (Wildman–Crippen MR) is 57.8 cm³/mol. The van der Waals surface area contributed by atoms with Crippen LogP contribution in [0.2, 0.25) is 0 Å². The lowest BCUT2D eigenvalue weighted by Gasteiger charge is -2.39. The van der Waals surface area contributed by atoms with E-state index >= 15 is 0 Å². The number of hydrogen-bond donors (Lipinski definition) is 0. The molecule has 0 spiro atoms. The predicted octanol–water partition coefficient (Wildman–Crippen LogP) is 1.55. The van der Waals surface area contributed by atoms with Crippen molar-refractivity contribution in [1.29, 1.82) is 0 Å². The van der Waals surface area contributed by atoms with Crippen LogP contribution in [-0.2, 0) is 11.0 Å². The number of aryl methyl sites for hydroxylation is 1. The van der Waals surface area contributed by atoms with Gasteiger partial charge in [-0.1, -0.05) is 17.3 Å². The molecule has 0 saturated carbocycles. The van der Waals surface area contributed by atoms with Crippen LogP contribution < -0.4 is 4.31 Å². The normalized spacial score (nSPS) is 33.7. The first-order valence-electron chi connectivity index (χ1n) is 5.07. The van der Waals surface area contributed by atoms with Crippen LogP contribution in [0.5, 0.6) is 0 Å². The summed E-state index contributed by atoms with van der Waals surface area (Å²) in [5.41, 5.74) is 0. The summed E-state index contributed by atoms with van der Waals surface area (Å²) in [7, 11) is -0.980. The molecule has 15 heavy (non-hydrogen) atoms. The maximum atomic E-state index is 12.1. The fraction of sp³-hybridized carbons (Fsp3) is 0.500. The summed E-state index contributed by atoms with van der Waals surface area (Å²) in [5, 5.41) is 4.09. The van der Waals surface area contributed by atoms with Gasteiger partial charge in [-0.3, -0.25) is 4.31 Å². The van der Waals surface area contributed by atoms with Crippen molar-refractivity contribution in [2.75, 3.05) is 4.31 Å². The molecule has 3 atom stereocenters. The minimum Gasteiger partial charge on any atom is -0.360 e. The fourth-order valence-electron chi connectivity index (χ4n) is 2.14. The van der Waals surface area contributed by atoms with Gasteiger partial charge in [0.15, 0.2) is 5.82 Å². The zero-order chi connectivity index (χ0) is 10.4. The van der Waals surface area contributed by atoms with Gasteiger partial charge in [-0.05, 0) is 19.8 Å². The van der Waals surface area contributed by atoms with Crippen LogP contribution in [0.4, 0.5) is 5.82 Å². The molecular formula is C10H12N2O2S. The van der Waals surface area contributed by atoms with Gasteiger partial charge < -0.3 is 4.52 Å². The van der Waals surface area contributed by atoms with E-state index in [0.717, 1.165) is 18.6 Å². The van der Waals surface area contributed by atoms with E-state index < -0.39 is 11.0 Å². The zero-order valence-electron chi connectivity index (χ0n) is 8.42. The lowest BCUT2D eigenvalue weighted by atomic mass is 10.0. The van der Waals surface area contributed by atoms with Crippen LogP contribution >= 0.6 is 0 Å². The second-order valence-corrected chi connectivity index (χ2v) is 5.52. The third-order valence-corrected chi connectivity index (χ3v) is 4.65. The Morgan fingerprint density at radius 3 is 2.93 bits per heavy atom. The molecule has 1 unspecified atom stereocenters. The van der Waals surface area contributed by atoms with Crippen molar-refractivity contribution in [1.82, 2.24) is 5.16 Å². The summed E-state index contributed by atoms with van der Waals surface area (Å²) in [6.07, 6.45) is 6.26. The third kappa shape index (κ3) is 1.33. The average molecular weight is 224 g/mol. The van der Waals surface area contributed by atoms with E-state index in [1.54, 1.807) is 0 Å². The first-order chi connectivity index (χ1) is 7.25. The number of aromatic nitrogens is 1. The van der Waals surface area contributed by atoms with Gasteiger partial charge in [0.2, 0.25) is 0 Å².